The van der Waals surface area contributed by atoms with Gasteiger partial charge >= 0.3 is 12.0 Å². The molecule has 110 valence electrons. The molecule has 0 spiro atoms. The summed E-state index contributed by atoms with van der Waals surface area (Å²) in [5.74, 6) is -0.904. The molecule has 0 saturated carbocycles. The zero-order valence-corrected chi connectivity index (χ0v) is 12.5. The monoisotopic (exact) mass is 278 g/mol. The van der Waals surface area contributed by atoms with E-state index in [-0.39, 0.29) is 19.0 Å². The molecule has 1 aromatic rings. The highest BCUT2D eigenvalue weighted by Gasteiger charge is 2.15. The highest BCUT2D eigenvalue weighted by Crippen LogP contribution is 2.22. The van der Waals surface area contributed by atoms with E-state index in [0.29, 0.717) is 6.54 Å². The number of carboxylic acids is 1. The van der Waals surface area contributed by atoms with Crippen LogP contribution < -0.4 is 5.32 Å². The molecule has 0 fully saturated rings. The molecule has 0 aromatic heterocycles. The maximum atomic E-state index is 12.2. The van der Waals surface area contributed by atoms with E-state index in [1.807, 2.05) is 39.8 Å². The Bertz CT molecular complexity index is 489. The molecule has 20 heavy (non-hydrogen) atoms. The Morgan fingerprint density at radius 1 is 1.20 bits per heavy atom. The number of anilines is 1. The zero-order valence-electron chi connectivity index (χ0n) is 12.5. The molecule has 0 bridgehead atoms. The number of rotatable bonds is 5. The van der Waals surface area contributed by atoms with E-state index in [4.69, 9.17) is 5.11 Å². The number of amides is 2. The van der Waals surface area contributed by atoms with Gasteiger partial charge in [-0.05, 0) is 38.8 Å². The van der Waals surface area contributed by atoms with Crippen molar-refractivity contribution in [1.82, 2.24) is 4.90 Å². The Morgan fingerprint density at radius 3 is 2.20 bits per heavy atom. The molecule has 2 amide bonds. The quantitative estimate of drug-likeness (QED) is 0.870. The first-order chi connectivity index (χ1) is 9.35. The molecule has 0 saturated heterocycles. The topological polar surface area (TPSA) is 69.6 Å². The van der Waals surface area contributed by atoms with Gasteiger partial charge in [0.15, 0.2) is 0 Å². The minimum absolute atomic E-state index is 0.0485. The average Bonchev–Trinajstić information content (AvgIpc) is 2.34. The highest BCUT2D eigenvalue weighted by atomic mass is 16.4. The third-order valence-corrected chi connectivity index (χ3v) is 3.17. The zero-order chi connectivity index (χ0) is 15.3. The van der Waals surface area contributed by atoms with E-state index in [9.17, 15) is 9.59 Å². The first-order valence-corrected chi connectivity index (χ1v) is 6.70. The number of nitrogens with zero attached hydrogens (tertiary/aromatic N) is 1. The van der Waals surface area contributed by atoms with Crippen molar-refractivity contribution in [1.29, 1.82) is 0 Å². The number of carboxylic acid groups (broad SMARTS) is 1. The van der Waals surface area contributed by atoms with Gasteiger partial charge in [0.1, 0.15) is 0 Å². The molecule has 2 N–H and O–H groups in total. The van der Waals surface area contributed by atoms with Crippen LogP contribution in [0.1, 0.15) is 30.0 Å². The Hall–Kier alpha value is -2.04. The molecule has 0 radical (unpaired) electrons. The first-order valence-electron chi connectivity index (χ1n) is 6.70. The second-order valence-corrected chi connectivity index (χ2v) is 4.93. The fourth-order valence-corrected chi connectivity index (χ4v) is 2.20. The minimum atomic E-state index is -0.904. The van der Waals surface area contributed by atoms with Crippen LogP contribution in [0, 0.1) is 20.8 Å². The van der Waals surface area contributed by atoms with Gasteiger partial charge in [-0.1, -0.05) is 17.7 Å². The second-order valence-electron chi connectivity index (χ2n) is 4.93. The van der Waals surface area contributed by atoms with Gasteiger partial charge in [0.2, 0.25) is 0 Å². The standard InChI is InChI=1S/C15H22N2O3/c1-5-17(7-6-13(18)19)15(20)16-14-11(3)8-10(2)9-12(14)4/h8-9H,5-7H2,1-4H3,(H,16,20)(H,18,19). The summed E-state index contributed by atoms with van der Waals surface area (Å²) in [6.07, 6.45) is -0.0485. The van der Waals surface area contributed by atoms with Crippen molar-refractivity contribution in [2.45, 2.75) is 34.1 Å². The van der Waals surface area contributed by atoms with Crippen molar-refractivity contribution < 1.29 is 14.7 Å². The molecular weight excluding hydrogens is 256 g/mol. The van der Waals surface area contributed by atoms with Crippen LogP contribution in [0.25, 0.3) is 0 Å². The molecule has 5 heteroatoms. The lowest BCUT2D eigenvalue weighted by molar-refractivity contribution is -0.137. The lowest BCUT2D eigenvalue weighted by atomic mass is 10.1. The third kappa shape index (κ3) is 4.26. The van der Waals surface area contributed by atoms with Crippen molar-refractivity contribution >= 4 is 17.7 Å². The minimum Gasteiger partial charge on any atom is -0.481 e. The SMILES string of the molecule is CCN(CCC(=O)O)C(=O)Nc1c(C)cc(C)cc1C. The molecule has 0 atom stereocenters. The summed E-state index contributed by atoms with van der Waals surface area (Å²) in [5, 5.41) is 11.6. The molecule has 0 unspecified atom stereocenters. The van der Waals surface area contributed by atoms with Gasteiger partial charge in [-0.25, -0.2) is 4.79 Å². The molecule has 0 aliphatic carbocycles. The van der Waals surface area contributed by atoms with Gasteiger partial charge in [0.05, 0.1) is 6.42 Å². The normalized spacial score (nSPS) is 10.2. The second kappa shape index (κ2) is 6.93. The van der Waals surface area contributed by atoms with Crippen molar-refractivity contribution in [3.05, 3.63) is 28.8 Å². The summed E-state index contributed by atoms with van der Waals surface area (Å²) in [6, 6.07) is 3.76. The van der Waals surface area contributed by atoms with Crippen LogP contribution in [0.3, 0.4) is 0 Å². The van der Waals surface area contributed by atoms with Gasteiger partial charge in [-0.15, -0.1) is 0 Å². The predicted octanol–water partition coefficient (Wildman–Crippen LogP) is 2.94. The van der Waals surface area contributed by atoms with Crippen LogP contribution in [-0.4, -0.2) is 35.1 Å². The number of carbonyl (C=O) groups excluding carboxylic acids is 1. The van der Waals surface area contributed by atoms with Crippen LogP contribution >= 0.6 is 0 Å². The molecule has 0 aliphatic heterocycles. The summed E-state index contributed by atoms with van der Waals surface area (Å²) in [6.45, 7) is 8.42. The number of hydrogen-bond donors (Lipinski definition) is 2. The van der Waals surface area contributed by atoms with Crippen LogP contribution in [0.4, 0.5) is 10.5 Å². The molecule has 5 nitrogen and oxygen atoms in total. The number of hydrogen-bond acceptors (Lipinski definition) is 2. The molecule has 0 aliphatic rings. The Kier molecular flexibility index (Phi) is 5.55. The van der Waals surface area contributed by atoms with Gasteiger partial charge in [-0.2, -0.15) is 0 Å². The number of benzene rings is 1. The fourth-order valence-electron chi connectivity index (χ4n) is 2.20. The summed E-state index contributed by atoms with van der Waals surface area (Å²) >= 11 is 0. The lowest BCUT2D eigenvalue weighted by Crippen LogP contribution is -2.36. The highest BCUT2D eigenvalue weighted by molar-refractivity contribution is 5.91. The summed E-state index contributed by atoms with van der Waals surface area (Å²) < 4.78 is 0. The molecule has 1 aromatic carbocycles. The van der Waals surface area contributed by atoms with E-state index >= 15 is 0 Å². The third-order valence-electron chi connectivity index (χ3n) is 3.17. The van der Waals surface area contributed by atoms with E-state index in [1.165, 1.54) is 4.90 Å². The van der Waals surface area contributed by atoms with Gasteiger partial charge < -0.3 is 15.3 Å². The van der Waals surface area contributed by atoms with E-state index < -0.39 is 5.97 Å². The maximum absolute atomic E-state index is 12.2. The molecule has 1 rings (SSSR count). The molecule has 0 heterocycles. The summed E-state index contributed by atoms with van der Waals surface area (Å²) in [7, 11) is 0. The summed E-state index contributed by atoms with van der Waals surface area (Å²) in [4.78, 5) is 24.2. The smallest absolute Gasteiger partial charge is 0.321 e. The van der Waals surface area contributed by atoms with Crippen molar-refractivity contribution in [2.24, 2.45) is 0 Å². The first kappa shape index (κ1) is 16.0. The Morgan fingerprint density at radius 2 is 1.75 bits per heavy atom. The fraction of sp³-hybridized carbons (Fsp3) is 0.467. The van der Waals surface area contributed by atoms with E-state index in [2.05, 4.69) is 5.32 Å². The van der Waals surface area contributed by atoms with E-state index in [0.717, 1.165) is 22.4 Å². The average molecular weight is 278 g/mol. The van der Waals surface area contributed by atoms with Crippen LogP contribution in [0.5, 0.6) is 0 Å². The number of nitrogens with one attached hydrogen (secondary N) is 1. The van der Waals surface area contributed by atoms with Crippen molar-refractivity contribution in [2.75, 3.05) is 18.4 Å². The van der Waals surface area contributed by atoms with Crippen molar-refractivity contribution in [3.63, 3.8) is 0 Å². The van der Waals surface area contributed by atoms with Gasteiger partial charge in [-0.3, -0.25) is 4.79 Å². The largest absolute Gasteiger partial charge is 0.481 e. The summed E-state index contributed by atoms with van der Waals surface area (Å²) in [5.41, 5.74) is 3.96. The number of aliphatic carboxylic acids is 1. The van der Waals surface area contributed by atoms with Crippen LogP contribution in [0.15, 0.2) is 12.1 Å². The maximum Gasteiger partial charge on any atom is 0.321 e. The number of aryl methyl sites for hydroxylation is 3. The lowest BCUT2D eigenvalue weighted by Gasteiger charge is -2.22. The Labute approximate surface area is 119 Å². The molecular formula is C15H22N2O3. The van der Waals surface area contributed by atoms with Gasteiger partial charge in [0.25, 0.3) is 0 Å². The van der Waals surface area contributed by atoms with Gasteiger partial charge in [0, 0.05) is 18.8 Å². The Balaban J connectivity index is 2.81. The van der Waals surface area contributed by atoms with Crippen molar-refractivity contribution in [3.8, 4) is 0 Å². The van der Waals surface area contributed by atoms with E-state index in [1.54, 1.807) is 0 Å². The van der Waals surface area contributed by atoms with Crippen LogP contribution in [-0.2, 0) is 4.79 Å². The predicted molar refractivity (Wildman–Crippen MR) is 79.2 cm³/mol. The number of urea groups is 1. The van der Waals surface area contributed by atoms with Crippen LogP contribution in [0.2, 0.25) is 0 Å². The number of carbonyl (C=O) groups is 2.